The molecule has 0 saturated carbocycles. The Morgan fingerprint density at radius 1 is 1.23 bits per heavy atom. The molecule has 2 aromatic rings. The number of nitrogens with zero attached hydrogens (tertiary/aromatic N) is 1. The largest absolute Gasteiger partial charge is 0.490 e. The van der Waals surface area contributed by atoms with E-state index in [2.05, 4.69) is 15.9 Å². The lowest BCUT2D eigenvalue weighted by Crippen LogP contribution is -2.10. The average Bonchev–Trinajstić information content (AvgIpc) is 2.49. The third-order valence-corrected chi connectivity index (χ3v) is 3.20. The van der Waals surface area contributed by atoms with Crippen molar-refractivity contribution in [2.75, 3.05) is 7.11 Å². The molecule has 0 N–H and O–H groups in total. The first-order chi connectivity index (χ1) is 10.4. The number of esters is 1. The molecule has 0 amide bonds. The predicted octanol–water partition coefficient (Wildman–Crippen LogP) is 3.72. The molecular formula is C14H9BrFNO5. The topological polar surface area (TPSA) is 78.7 Å². The van der Waals surface area contributed by atoms with Gasteiger partial charge in [0.25, 0.3) is 0 Å². The van der Waals surface area contributed by atoms with Crippen molar-refractivity contribution in [2.24, 2.45) is 0 Å². The van der Waals surface area contributed by atoms with Crippen molar-refractivity contribution in [3.63, 3.8) is 0 Å². The number of rotatable bonds is 4. The molecule has 0 unspecified atom stereocenters. The monoisotopic (exact) mass is 369 g/mol. The van der Waals surface area contributed by atoms with Crippen LogP contribution in [-0.4, -0.2) is 18.0 Å². The van der Waals surface area contributed by atoms with Crippen LogP contribution in [-0.2, 0) is 0 Å². The van der Waals surface area contributed by atoms with E-state index in [1.807, 2.05) is 0 Å². The van der Waals surface area contributed by atoms with Crippen LogP contribution in [0.5, 0.6) is 11.5 Å². The number of carbonyl (C=O) groups is 1. The lowest BCUT2D eigenvalue weighted by molar-refractivity contribution is -0.385. The molecule has 0 aromatic heterocycles. The number of carbonyl (C=O) groups excluding carboxylic acids is 1. The first-order valence-electron chi connectivity index (χ1n) is 5.92. The molecule has 6 nitrogen and oxygen atoms in total. The highest BCUT2D eigenvalue weighted by Gasteiger charge is 2.20. The average molecular weight is 370 g/mol. The van der Waals surface area contributed by atoms with Crippen LogP contribution >= 0.6 is 15.9 Å². The lowest BCUT2D eigenvalue weighted by Gasteiger charge is -2.07. The van der Waals surface area contributed by atoms with E-state index in [1.165, 1.54) is 31.4 Å². The molecule has 2 rings (SSSR count). The summed E-state index contributed by atoms with van der Waals surface area (Å²) in [7, 11) is 1.28. The van der Waals surface area contributed by atoms with Crippen molar-refractivity contribution in [1.29, 1.82) is 0 Å². The van der Waals surface area contributed by atoms with Crippen molar-refractivity contribution in [3.05, 3.63) is 62.4 Å². The van der Waals surface area contributed by atoms with Gasteiger partial charge in [-0.3, -0.25) is 10.1 Å². The summed E-state index contributed by atoms with van der Waals surface area (Å²) in [5.74, 6) is -1.90. The molecule has 22 heavy (non-hydrogen) atoms. The van der Waals surface area contributed by atoms with E-state index in [0.717, 1.165) is 12.1 Å². The fraction of sp³-hybridized carbons (Fsp3) is 0.0714. The standard InChI is InChI=1S/C14H9BrFNO5/c1-21-13-4-2-8(6-11(13)17(19)20)14(18)22-12-5-3-9(15)7-10(12)16/h2-7H,1H3. The molecule has 0 saturated heterocycles. The van der Waals surface area contributed by atoms with Crippen molar-refractivity contribution in [3.8, 4) is 11.5 Å². The van der Waals surface area contributed by atoms with Crippen molar-refractivity contribution >= 4 is 27.6 Å². The van der Waals surface area contributed by atoms with Gasteiger partial charge in [-0.15, -0.1) is 0 Å². The first-order valence-corrected chi connectivity index (χ1v) is 6.71. The van der Waals surface area contributed by atoms with E-state index in [1.54, 1.807) is 0 Å². The fourth-order valence-electron chi connectivity index (χ4n) is 1.68. The quantitative estimate of drug-likeness (QED) is 0.355. The zero-order chi connectivity index (χ0) is 16.3. The molecule has 0 atom stereocenters. The Kier molecular flexibility index (Phi) is 4.71. The highest BCUT2D eigenvalue weighted by atomic mass is 79.9. The molecule has 0 spiro atoms. The molecule has 0 bridgehead atoms. The van der Waals surface area contributed by atoms with Gasteiger partial charge in [0.05, 0.1) is 17.6 Å². The molecule has 0 aliphatic carbocycles. The normalized spacial score (nSPS) is 10.1. The third-order valence-electron chi connectivity index (χ3n) is 2.71. The maximum absolute atomic E-state index is 13.6. The Morgan fingerprint density at radius 3 is 2.50 bits per heavy atom. The molecule has 114 valence electrons. The van der Waals surface area contributed by atoms with E-state index in [-0.39, 0.29) is 22.7 Å². The molecule has 8 heteroatoms. The van der Waals surface area contributed by atoms with Crippen molar-refractivity contribution in [1.82, 2.24) is 0 Å². The van der Waals surface area contributed by atoms with Crippen LogP contribution in [0.4, 0.5) is 10.1 Å². The minimum atomic E-state index is -0.910. The van der Waals surface area contributed by atoms with Gasteiger partial charge in [-0.2, -0.15) is 0 Å². The number of hydrogen-bond acceptors (Lipinski definition) is 5. The highest BCUT2D eigenvalue weighted by Crippen LogP contribution is 2.28. The number of nitro groups is 1. The van der Waals surface area contributed by atoms with Crippen LogP contribution in [0.15, 0.2) is 40.9 Å². The van der Waals surface area contributed by atoms with E-state index in [0.29, 0.717) is 4.47 Å². The molecular weight excluding hydrogens is 361 g/mol. The van der Waals surface area contributed by atoms with Gasteiger partial charge in [-0.05, 0) is 30.3 Å². The minimum absolute atomic E-state index is 0.0105. The van der Waals surface area contributed by atoms with Crippen LogP contribution in [0.3, 0.4) is 0 Å². The summed E-state index contributed by atoms with van der Waals surface area (Å²) in [4.78, 5) is 22.2. The van der Waals surface area contributed by atoms with Crippen molar-refractivity contribution in [2.45, 2.75) is 0 Å². The maximum atomic E-state index is 13.6. The molecule has 0 aliphatic heterocycles. The van der Waals surface area contributed by atoms with Crippen LogP contribution < -0.4 is 9.47 Å². The SMILES string of the molecule is COc1ccc(C(=O)Oc2ccc(Br)cc2F)cc1[N+](=O)[O-]. The molecule has 0 aliphatic rings. The predicted molar refractivity (Wildman–Crippen MR) is 78.7 cm³/mol. The number of hydrogen-bond donors (Lipinski definition) is 0. The number of benzene rings is 2. The van der Waals surface area contributed by atoms with E-state index < -0.39 is 16.7 Å². The van der Waals surface area contributed by atoms with E-state index >= 15 is 0 Å². The molecule has 2 aromatic carbocycles. The zero-order valence-electron chi connectivity index (χ0n) is 11.2. The maximum Gasteiger partial charge on any atom is 0.343 e. The van der Waals surface area contributed by atoms with Crippen LogP contribution in [0, 0.1) is 15.9 Å². The van der Waals surface area contributed by atoms with Gasteiger partial charge < -0.3 is 9.47 Å². The van der Waals surface area contributed by atoms with Gasteiger partial charge >= 0.3 is 11.7 Å². The molecule has 0 radical (unpaired) electrons. The Balaban J connectivity index is 2.30. The lowest BCUT2D eigenvalue weighted by atomic mass is 10.2. The van der Waals surface area contributed by atoms with E-state index in [4.69, 9.17) is 9.47 Å². The summed E-state index contributed by atoms with van der Waals surface area (Å²) in [6.45, 7) is 0. The summed E-state index contributed by atoms with van der Waals surface area (Å²) < 4.78 is 23.8. The Labute approximate surface area is 132 Å². The summed E-state index contributed by atoms with van der Waals surface area (Å²) >= 11 is 3.08. The van der Waals surface area contributed by atoms with Crippen LogP contribution in [0.2, 0.25) is 0 Å². The number of methoxy groups -OCH3 is 1. The van der Waals surface area contributed by atoms with Crippen LogP contribution in [0.25, 0.3) is 0 Å². The smallest absolute Gasteiger partial charge is 0.343 e. The number of nitro benzene ring substituents is 1. The van der Waals surface area contributed by atoms with Gasteiger partial charge in [0.2, 0.25) is 0 Å². The Bertz CT molecular complexity index is 750. The minimum Gasteiger partial charge on any atom is -0.490 e. The Hall–Kier alpha value is -2.48. The number of ether oxygens (including phenoxy) is 2. The summed E-state index contributed by atoms with van der Waals surface area (Å²) in [5.41, 5.74) is -0.469. The highest BCUT2D eigenvalue weighted by molar-refractivity contribution is 9.10. The number of halogens is 2. The summed E-state index contributed by atoms with van der Waals surface area (Å²) in [6, 6.07) is 7.49. The summed E-state index contributed by atoms with van der Waals surface area (Å²) in [5, 5.41) is 10.9. The summed E-state index contributed by atoms with van der Waals surface area (Å²) in [6.07, 6.45) is 0. The van der Waals surface area contributed by atoms with Crippen LogP contribution in [0.1, 0.15) is 10.4 Å². The molecule has 0 fully saturated rings. The molecule has 0 heterocycles. The first kappa shape index (κ1) is 15.9. The second-order valence-electron chi connectivity index (χ2n) is 4.11. The van der Waals surface area contributed by atoms with Gasteiger partial charge in [0.1, 0.15) is 0 Å². The zero-order valence-corrected chi connectivity index (χ0v) is 12.8. The van der Waals surface area contributed by atoms with Gasteiger partial charge in [-0.1, -0.05) is 15.9 Å². The second-order valence-corrected chi connectivity index (χ2v) is 5.02. The van der Waals surface area contributed by atoms with Gasteiger partial charge in [-0.25, -0.2) is 9.18 Å². The third kappa shape index (κ3) is 3.40. The second kappa shape index (κ2) is 6.52. The van der Waals surface area contributed by atoms with E-state index in [9.17, 15) is 19.3 Å². The Morgan fingerprint density at radius 2 is 1.91 bits per heavy atom. The van der Waals surface area contributed by atoms with Crippen molar-refractivity contribution < 1.29 is 23.6 Å². The van der Waals surface area contributed by atoms with Gasteiger partial charge in [0, 0.05) is 10.5 Å². The van der Waals surface area contributed by atoms with Gasteiger partial charge in [0.15, 0.2) is 17.3 Å². The fourth-order valence-corrected chi connectivity index (χ4v) is 2.01.